The number of aromatic nitrogens is 3. The van der Waals surface area contributed by atoms with Gasteiger partial charge in [0, 0.05) is 30.9 Å². The zero-order valence-corrected chi connectivity index (χ0v) is 17.7. The van der Waals surface area contributed by atoms with Gasteiger partial charge < -0.3 is 15.4 Å². The number of ether oxygens (including phenoxy) is 1. The second kappa shape index (κ2) is 8.33. The summed E-state index contributed by atoms with van der Waals surface area (Å²) < 4.78 is 84.6. The smallest absolute Gasteiger partial charge is 0.422 e. The molecule has 0 amide bonds. The highest BCUT2D eigenvalue weighted by atomic mass is 19.4. The molecule has 0 unspecified atom stereocenters. The fraction of sp³-hybridized carbons (Fsp3) is 0.455. The maximum absolute atomic E-state index is 13.3. The van der Waals surface area contributed by atoms with Gasteiger partial charge in [-0.15, -0.1) is 0 Å². The van der Waals surface area contributed by atoms with E-state index in [0.717, 1.165) is 12.8 Å². The molecule has 2 aliphatic rings. The van der Waals surface area contributed by atoms with E-state index in [1.54, 1.807) is 28.8 Å². The van der Waals surface area contributed by atoms with Crippen LogP contribution in [-0.4, -0.2) is 52.5 Å². The first-order valence-corrected chi connectivity index (χ1v) is 10.8. The molecule has 4 heterocycles. The van der Waals surface area contributed by atoms with Crippen LogP contribution in [0.25, 0.3) is 17.0 Å². The van der Waals surface area contributed by atoms with Crippen molar-refractivity contribution in [3.05, 3.63) is 42.2 Å². The van der Waals surface area contributed by atoms with Crippen LogP contribution in [0.1, 0.15) is 24.3 Å². The van der Waals surface area contributed by atoms with Crippen LogP contribution in [0.4, 0.5) is 32.2 Å². The van der Waals surface area contributed by atoms with Gasteiger partial charge >= 0.3 is 12.4 Å². The first-order valence-electron chi connectivity index (χ1n) is 10.8. The molecule has 2 atom stereocenters. The fourth-order valence-electron chi connectivity index (χ4n) is 4.22. The lowest BCUT2D eigenvalue weighted by Crippen LogP contribution is -2.38. The Labute approximate surface area is 190 Å². The van der Waals surface area contributed by atoms with Crippen LogP contribution in [0.15, 0.2) is 36.7 Å². The van der Waals surface area contributed by atoms with E-state index in [1.807, 2.05) is 0 Å². The first-order chi connectivity index (χ1) is 16.1. The highest BCUT2D eigenvalue weighted by Crippen LogP contribution is 2.45. The summed E-state index contributed by atoms with van der Waals surface area (Å²) in [5, 5.41) is 5.63. The average molecular weight is 485 g/mol. The van der Waals surface area contributed by atoms with Crippen molar-refractivity contribution in [1.29, 1.82) is 0 Å². The highest BCUT2D eigenvalue weighted by Gasteiger charge is 2.47. The maximum atomic E-state index is 13.3. The summed E-state index contributed by atoms with van der Waals surface area (Å²) in [5.41, 5.74) is 2.08. The van der Waals surface area contributed by atoms with Crippen molar-refractivity contribution in [3.8, 4) is 17.1 Å². The molecule has 2 N–H and O–H groups in total. The lowest BCUT2D eigenvalue weighted by atomic mass is 10.0. The van der Waals surface area contributed by atoms with E-state index in [-0.39, 0.29) is 24.8 Å². The molecule has 1 saturated heterocycles. The molecule has 12 heteroatoms. The summed E-state index contributed by atoms with van der Waals surface area (Å²) in [6, 6.07) is 5.60. The van der Waals surface area contributed by atoms with Gasteiger partial charge in [-0.1, -0.05) is 6.07 Å². The van der Waals surface area contributed by atoms with Gasteiger partial charge in [0.05, 0.1) is 29.5 Å². The maximum Gasteiger partial charge on any atom is 0.422 e. The number of imidazole rings is 1. The second-order valence-corrected chi connectivity index (χ2v) is 8.61. The number of hydrogen-bond acceptors (Lipinski definition) is 5. The van der Waals surface area contributed by atoms with Crippen molar-refractivity contribution in [2.75, 3.05) is 25.0 Å². The molecular weight excluding hydrogens is 464 g/mol. The van der Waals surface area contributed by atoms with Crippen LogP contribution >= 0.6 is 0 Å². The van der Waals surface area contributed by atoms with Crippen molar-refractivity contribution in [1.82, 2.24) is 19.7 Å². The molecule has 2 fully saturated rings. The molecule has 1 saturated carbocycles. The number of fused-ring (bicyclic) bond motifs is 1. The van der Waals surface area contributed by atoms with E-state index in [4.69, 9.17) is 4.74 Å². The molecule has 1 aliphatic carbocycles. The number of halogens is 6. The number of anilines is 1. The molecule has 3 aromatic heterocycles. The summed E-state index contributed by atoms with van der Waals surface area (Å²) in [4.78, 5) is 8.76. The average Bonchev–Trinajstić information content (AvgIpc) is 3.35. The molecule has 6 nitrogen and oxygen atoms in total. The number of hydrogen-bond donors (Lipinski definition) is 2. The van der Waals surface area contributed by atoms with Gasteiger partial charge in [0.2, 0.25) is 0 Å². The number of pyridine rings is 2. The van der Waals surface area contributed by atoms with Gasteiger partial charge in [-0.25, -0.2) is 9.97 Å². The molecule has 0 aromatic carbocycles. The van der Waals surface area contributed by atoms with E-state index < -0.39 is 30.9 Å². The lowest BCUT2D eigenvalue weighted by Gasteiger charge is -2.22. The van der Waals surface area contributed by atoms with Gasteiger partial charge in [-0.2, -0.15) is 26.3 Å². The SMILES string of the molecule is FC(F)(F)COc1cc2ncc(-c3cccc(N[C@H]4CNC[C@@H]4C(F)(F)F)n3)n2cc1C1CC1. The van der Waals surface area contributed by atoms with Crippen molar-refractivity contribution in [3.63, 3.8) is 0 Å². The van der Waals surface area contributed by atoms with Crippen LogP contribution in [-0.2, 0) is 0 Å². The van der Waals surface area contributed by atoms with Gasteiger partial charge in [-0.3, -0.25) is 4.40 Å². The molecule has 3 aromatic rings. The second-order valence-electron chi connectivity index (χ2n) is 8.61. The number of rotatable bonds is 6. The van der Waals surface area contributed by atoms with Crippen LogP contribution < -0.4 is 15.4 Å². The Morgan fingerprint density at radius 3 is 2.62 bits per heavy atom. The zero-order valence-electron chi connectivity index (χ0n) is 17.7. The minimum atomic E-state index is -4.45. The van der Waals surface area contributed by atoms with E-state index in [0.29, 0.717) is 28.4 Å². The van der Waals surface area contributed by atoms with E-state index in [1.165, 1.54) is 12.3 Å². The largest absolute Gasteiger partial charge is 0.484 e. The quantitative estimate of drug-likeness (QED) is 0.493. The molecule has 0 bridgehead atoms. The molecular formula is C22H21F6N5O. The number of nitrogens with zero attached hydrogens (tertiary/aromatic N) is 3. The summed E-state index contributed by atoms with van der Waals surface area (Å²) in [7, 11) is 0. The fourth-order valence-corrected chi connectivity index (χ4v) is 4.22. The zero-order chi connectivity index (χ0) is 24.1. The van der Waals surface area contributed by atoms with Crippen molar-refractivity contribution >= 4 is 11.5 Å². The van der Waals surface area contributed by atoms with Crippen LogP contribution in [0, 0.1) is 5.92 Å². The normalized spacial score (nSPS) is 21.2. The summed E-state index contributed by atoms with van der Waals surface area (Å²) in [6.07, 6.45) is -3.84. The molecule has 34 heavy (non-hydrogen) atoms. The van der Waals surface area contributed by atoms with Gasteiger partial charge in [0.25, 0.3) is 0 Å². The summed E-state index contributed by atoms with van der Waals surface area (Å²) in [6.45, 7) is -1.38. The lowest BCUT2D eigenvalue weighted by molar-refractivity contribution is -0.170. The molecule has 1 aliphatic heterocycles. The number of alkyl halides is 6. The predicted molar refractivity (Wildman–Crippen MR) is 112 cm³/mol. The first kappa shape index (κ1) is 22.8. The Balaban J connectivity index is 1.44. The van der Waals surface area contributed by atoms with Gasteiger partial charge in [0.1, 0.15) is 17.2 Å². The molecule has 0 radical (unpaired) electrons. The minimum absolute atomic E-state index is 0.109. The predicted octanol–water partition coefficient (Wildman–Crippen LogP) is 4.78. The van der Waals surface area contributed by atoms with Crippen LogP contribution in [0.5, 0.6) is 5.75 Å². The van der Waals surface area contributed by atoms with E-state index >= 15 is 0 Å². The standard InChI is InChI=1S/C22H21F6N5O/c23-21(24,25)11-34-18-6-20-30-9-17(33(20)10-13(18)12-4-5-12)15-2-1-3-19(31-15)32-16-8-29-7-14(16)22(26,27)28/h1-3,6,9-10,12,14,16,29H,4-5,7-8,11H2,(H,31,32)/t14-,16-/m0/s1. The van der Waals surface area contributed by atoms with Crippen LogP contribution in [0.3, 0.4) is 0 Å². The Morgan fingerprint density at radius 2 is 1.91 bits per heavy atom. The topological polar surface area (TPSA) is 63.5 Å². The summed E-state index contributed by atoms with van der Waals surface area (Å²) >= 11 is 0. The van der Waals surface area contributed by atoms with E-state index in [9.17, 15) is 26.3 Å². The Kier molecular flexibility index (Phi) is 5.58. The van der Waals surface area contributed by atoms with Crippen LogP contribution in [0.2, 0.25) is 0 Å². The third-order valence-corrected chi connectivity index (χ3v) is 6.03. The van der Waals surface area contributed by atoms with Gasteiger partial charge in [-0.05, 0) is 30.9 Å². The van der Waals surface area contributed by atoms with E-state index in [2.05, 4.69) is 20.6 Å². The molecule has 182 valence electrons. The third-order valence-electron chi connectivity index (χ3n) is 6.03. The molecule has 5 rings (SSSR count). The third kappa shape index (κ3) is 4.77. The van der Waals surface area contributed by atoms with Crippen molar-refractivity contribution in [2.45, 2.75) is 37.2 Å². The van der Waals surface area contributed by atoms with Crippen molar-refractivity contribution < 1.29 is 31.1 Å². The number of nitrogens with one attached hydrogen (secondary N) is 2. The Bertz CT molecular complexity index is 1190. The van der Waals surface area contributed by atoms with Crippen molar-refractivity contribution in [2.24, 2.45) is 5.92 Å². The van der Waals surface area contributed by atoms with Gasteiger partial charge in [0.15, 0.2) is 6.61 Å². The Morgan fingerprint density at radius 1 is 1.12 bits per heavy atom. The molecule has 0 spiro atoms. The summed E-state index contributed by atoms with van der Waals surface area (Å²) in [5.74, 6) is -0.967. The monoisotopic (exact) mass is 485 g/mol. The minimum Gasteiger partial charge on any atom is -0.484 e. The highest BCUT2D eigenvalue weighted by molar-refractivity contribution is 5.64. The Hall–Kier alpha value is -3.02.